The van der Waals surface area contributed by atoms with Crippen LogP contribution in [-0.4, -0.2) is 7.05 Å². The number of benzene rings is 2. The Morgan fingerprint density at radius 1 is 1.05 bits per heavy atom. The molecule has 21 heavy (non-hydrogen) atoms. The highest BCUT2D eigenvalue weighted by molar-refractivity contribution is 6.30. The van der Waals surface area contributed by atoms with Crippen LogP contribution in [0.3, 0.4) is 0 Å². The van der Waals surface area contributed by atoms with Crippen LogP contribution in [0.25, 0.3) is 11.1 Å². The first-order valence-electron chi connectivity index (χ1n) is 6.44. The van der Waals surface area contributed by atoms with E-state index in [1.807, 2.05) is 13.1 Å². The fourth-order valence-electron chi connectivity index (χ4n) is 2.29. The summed E-state index contributed by atoms with van der Waals surface area (Å²) in [6.45, 7) is 2.29. The normalized spacial score (nSPS) is 11.7. The Balaban J connectivity index is 2.54. The molecular formula is C16H15ClF3N. The second kappa shape index (κ2) is 6.08. The van der Waals surface area contributed by atoms with Crippen molar-refractivity contribution in [3.8, 4) is 11.1 Å². The van der Waals surface area contributed by atoms with Gasteiger partial charge in [-0.25, -0.2) is 0 Å². The van der Waals surface area contributed by atoms with E-state index in [0.717, 1.165) is 22.8 Å². The molecule has 0 aliphatic rings. The van der Waals surface area contributed by atoms with Gasteiger partial charge in [0.1, 0.15) is 0 Å². The highest BCUT2D eigenvalue weighted by Gasteiger charge is 2.30. The van der Waals surface area contributed by atoms with Crippen molar-refractivity contribution >= 4 is 11.6 Å². The van der Waals surface area contributed by atoms with Crippen molar-refractivity contribution in [1.29, 1.82) is 0 Å². The quantitative estimate of drug-likeness (QED) is 0.835. The highest BCUT2D eigenvalue weighted by atomic mass is 35.5. The summed E-state index contributed by atoms with van der Waals surface area (Å²) in [5, 5.41) is 3.61. The third kappa shape index (κ3) is 3.57. The van der Waals surface area contributed by atoms with Gasteiger partial charge in [0.05, 0.1) is 5.56 Å². The highest BCUT2D eigenvalue weighted by Crippen LogP contribution is 2.35. The summed E-state index contributed by atoms with van der Waals surface area (Å²) in [4.78, 5) is 0. The molecule has 2 rings (SSSR count). The zero-order valence-electron chi connectivity index (χ0n) is 11.7. The van der Waals surface area contributed by atoms with Crippen LogP contribution in [0.1, 0.15) is 16.7 Å². The second-order valence-electron chi connectivity index (χ2n) is 4.86. The van der Waals surface area contributed by atoms with E-state index in [9.17, 15) is 13.2 Å². The van der Waals surface area contributed by atoms with Gasteiger partial charge in [0, 0.05) is 11.6 Å². The van der Waals surface area contributed by atoms with Crippen LogP contribution in [-0.2, 0) is 12.7 Å². The van der Waals surface area contributed by atoms with Gasteiger partial charge in [0.25, 0.3) is 0 Å². The van der Waals surface area contributed by atoms with Gasteiger partial charge < -0.3 is 5.32 Å². The maximum atomic E-state index is 12.7. The molecule has 2 aromatic rings. The fraction of sp³-hybridized carbons (Fsp3) is 0.250. The summed E-state index contributed by atoms with van der Waals surface area (Å²) in [5.41, 5.74) is 2.54. The number of halogens is 4. The number of hydrogen-bond donors (Lipinski definition) is 1. The molecule has 0 spiro atoms. The van der Waals surface area contributed by atoms with E-state index in [4.69, 9.17) is 11.6 Å². The SMILES string of the molecule is CNCc1ccc(Cl)cc1-c1ccc(C(F)(F)F)cc1C. The molecule has 0 saturated heterocycles. The number of alkyl halides is 3. The molecule has 0 bridgehead atoms. The van der Waals surface area contributed by atoms with E-state index in [1.165, 1.54) is 12.1 Å². The lowest BCUT2D eigenvalue weighted by molar-refractivity contribution is -0.137. The number of aryl methyl sites for hydroxylation is 1. The molecular weight excluding hydrogens is 299 g/mol. The Bertz CT molecular complexity index is 650. The molecule has 1 nitrogen and oxygen atoms in total. The van der Waals surface area contributed by atoms with Crippen LogP contribution in [0.15, 0.2) is 36.4 Å². The lowest BCUT2D eigenvalue weighted by Crippen LogP contribution is -2.07. The van der Waals surface area contributed by atoms with Gasteiger partial charge in [0.2, 0.25) is 0 Å². The predicted molar refractivity (Wildman–Crippen MR) is 79.4 cm³/mol. The third-order valence-corrected chi connectivity index (χ3v) is 3.52. The minimum atomic E-state index is -4.33. The lowest BCUT2D eigenvalue weighted by atomic mass is 9.94. The topological polar surface area (TPSA) is 12.0 Å². The molecule has 0 saturated carbocycles. The fourth-order valence-corrected chi connectivity index (χ4v) is 2.46. The molecule has 112 valence electrons. The Morgan fingerprint density at radius 3 is 2.33 bits per heavy atom. The molecule has 5 heteroatoms. The van der Waals surface area contributed by atoms with Gasteiger partial charge in [-0.15, -0.1) is 0 Å². The van der Waals surface area contributed by atoms with Crippen LogP contribution in [0, 0.1) is 6.92 Å². The standard InChI is InChI=1S/C16H15ClF3N/c1-10-7-12(16(18,19)20)4-6-14(10)15-8-13(17)5-3-11(15)9-21-2/h3-8,21H,9H2,1-2H3. The Hall–Kier alpha value is -1.52. The summed E-state index contributed by atoms with van der Waals surface area (Å²) < 4.78 is 38.2. The first-order valence-corrected chi connectivity index (χ1v) is 6.82. The van der Waals surface area contributed by atoms with Crippen molar-refractivity contribution < 1.29 is 13.2 Å². The van der Waals surface area contributed by atoms with Crippen molar-refractivity contribution in [3.05, 3.63) is 58.1 Å². The molecule has 0 fully saturated rings. The number of hydrogen-bond acceptors (Lipinski definition) is 1. The van der Waals surface area contributed by atoms with Gasteiger partial charge in [-0.3, -0.25) is 0 Å². The molecule has 0 radical (unpaired) electrons. The average Bonchev–Trinajstić information content (AvgIpc) is 2.40. The summed E-state index contributed by atoms with van der Waals surface area (Å²) in [6.07, 6.45) is -4.33. The number of nitrogens with one attached hydrogen (secondary N) is 1. The van der Waals surface area contributed by atoms with Crippen molar-refractivity contribution in [2.75, 3.05) is 7.05 Å². The molecule has 0 atom stereocenters. The lowest BCUT2D eigenvalue weighted by Gasteiger charge is -2.15. The largest absolute Gasteiger partial charge is 0.416 e. The maximum Gasteiger partial charge on any atom is 0.416 e. The van der Waals surface area contributed by atoms with Crippen molar-refractivity contribution in [1.82, 2.24) is 5.32 Å². The van der Waals surface area contributed by atoms with E-state index in [1.54, 1.807) is 19.1 Å². The minimum absolute atomic E-state index is 0.559. The smallest absolute Gasteiger partial charge is 0.316 e. The van der Waals surface area contributed by atoms with E-state index >= 15 is 0 Å². The van der Waals surface area contributed by atoms with Crippen molar-refractivity contribution in [2.45, 2.75) is 19.6 Å². The van der Waals surface area contributed by atoms with Gasteiger partial charge in [-0.1, -0.05) is 23.7 Å². The Morgan fingerprint density at radius 2 is 1.76 bits per heavy atom. The molecule has 0 unspecified atom stereocenters. The zero-order valence-corrected chi connectivity index (χ0v) is 12.4. The predicted octanol–water partition coefficient (Wildman–Crippen LogP) is 5.05. The summed E-state index contributed by atoms with van der Waals surface area (Å²) in [7, 11) is 1.82. The van der Waals surface area contributed by atoms with Crippen LogP contribution in [0.5, 0.6) is 0 Å². The van der Waals surface area contributed by atoms with Crippen molar-refractivity contribution in [3.63, 3.8) is 0 Å². The van der Waals surface area contributed by atoms with E-state index in [-0.39, 0.29) is 0 Å². The molecule has 0 aliphatic carbocycles. The molecule has 0 aliphatic heterocycles. The Kier molecular flexibility index (Phi) is 4.59. The van der Waals surface area contributed by atoms with Crippen LogP contribution in [0.4, 0.5) is 13.2 Å². The average molecular weight is 314 g/mol. The summed E-state index contributed by atoms with van der Waals surface area (Å²) in [5.74, 6) is 0. The summed E-state index contributed by atoms with van der Waals surface area (Å²) >= 11 is 6.02. The first-order chi connectivity index (χ1) is 9.82. The van der Waals surface area contributed by atoms with Gasteiger partial charge in [-0.05, 0) is 60.5 Å². The molecule has 0 amide bonds. The summed E-state index contributed by atoms with van der Waals surface area (Å²) in [6, 6.07) is 9.21. The number of rotatable bonds is 3. The van der Waals surface area contributed by atoms with E-state index < -0.39 is 11.7 Å². The van der Waals surface area contributed by atoms with Crippen LogP contribution >= 0.6 is 11.6 Å². The molecule has 0 heterocycles. The van der Waals surface area contributed by atoms with E-state index in [0.29, 0.717) is 17.1 Å². The van der Waals surface area contributed by atoms with Gasteiger partial charge in [-0.2, -0.15) is 13.2 Å². The molecule has 2 aromatic carbocycles. The van der Waals surface area contributed by atoms with Crippen LogP contribution in [0.2, 0.25) is 5.02 Å². The minimum Gasteiger partial charge on any atom is -0.316 e. The van der Waals surface area contributed by atoms with E-state index in [2.05, 4.69) is 5.32 Å². The third-order valence-electron chi connectivity index (χ3n) is 3.28. The van der Waals surface area contributed by atoms with Crippen LogP contribution < -0.4 is 5.32 Å². The van der Waals surface area contributed by atoms with Crippen molar-refractivity contribution in [2.24, 2.45) is 0 Å². The first kappa shape index (κ1) is 15.9. The van der Waals surface area contributed by atoms with Gasteiger partial charge in [0.15, 0.2) is 0 Å². The molecule has 0 aromatic heterocycles. The van der Waals surface area contributed by atoms with Gasteiger partial charge >= 0.3 is 6.18 Å². The zero-order chi connectivity index (χ0) is 15.6. The Labute approximate surface area is 126 Å². The second-order valence-corrected chi connectivity index (χ2v) is 5.30. The molecule has 1 N–H and O–H groups in total. The maximum absolute atomic E-state index is 12.7. The monoisotopic (exact) mass is 313 g/mol.